The summed E-state index contributed by atoms with van der Waals surface area (Å²) < 4.78 is 11.6. The third kappa shape index (κ3) is 9.52. The fourth-order valence-corrected chi connectivity index (χ4v) is 5.30. The zero-order chi connectivity index (χ0) is 21.2. The number of nitrogens with two attached hydrogens (primary N) is 4. The van der Waals surface area contributed by atoms with Crippen molar-refractivity contribution in [3.05, 3.63) is 59.2 Å². The summed E-state index contributed by atoms with van der Waals surface area (Å²) in [6, 6.07) is 6.15. The zero-order valence-corrected chi connectivity index (χ0v) is 26.6. The fraction of sp³-hybridized carbons (Fsp3) is 0.409. The maximum Gasteiger partial charge on any atom is 1.00 e. The number of carbonyl (C=O) groups is 1. The SMILES string of the molecule is NC=O.NCCC[CH-]c1ccc(S(N)=O)s1.Nc1c2c(cc3c1CCC3)CCC2.[CH3-].[Cs+]. The van der Waals surface area contributed by atoms with Gasteiger partial charge in [-0.05, 0) is 67.3 Å². The first-order valence-corrected chi connectivity index (χ1v) is 11.9. The predicted octanol–water partition coefficient (Wildman–Crippen LogP) is -0.177. The molecular weight excluding hydrogens is 549 g/mol. The van der Waals surface area contributed by atoms with Gasteiger partial charge in [0, 0.05) is 5.69 Å². The molecule has 168 valence electrons. The van der Waals surface area contributed by atoms with Crippen LogP contribution in [0.4, 0.5) is 5.69 Å². The van der Waals surface area contributed by atoms with Crippen molar-refractivity contribution in [3.63, 3.8) is 0 Å². The van der Waals surface area contributed by atoms with Gasteiger partial charge in [0.1, 0.15) is 11.0 Å². The van der Waals surface area contributed by atoms with Gasteiger partial charge in [-0.15, -0.1) is 10.9 Å². The molecule has 9 heteroatoms. The van der Waals surface area contributed by atoms with E-state index in [4.69, 9.17) is 21.4 Å². The van der Waals surface area contributed by atoms with Crippen molar-refractivity contribution < 1.29 is 77.9 Å². The minimum absolute atomic E-state index is 0. The number of fused-ring (bicyclic) bond motifs is 2. The van der Waals surface area contributed by atoms with Gasteiger partial charge >= 0.3 is 68.9 Å². The molecule has 1 heterocycles. The molecule has 31 heavy (non-hydrogen) atoms. The second-order valence-corrected chi connectivity index (χ2v) is 9.41. The van der Waals surface area contributed by atoms with Crippen LogP contribution in [0.25, 0.3) is 0 Å². The van der Waals surface area contributed by atoms with E-state index in [9.17, 15) is 4.21 Å². The van der Waals surface area contributed by atoms with E-state index in [1.54, 1.807) is 6.07 Å². The summed E-state index contributed by atoms with van der Waals surface area (Å²) in [4.78, 5) is 9.70. The van der Waals surface area contributed by atoms with Crippen LogP contribution in [0.3, 0.4) is 0 Å². The molecule has 1 unspecified atom stereocenters. The molecular formula is C22H34CsN4O2S2-. The first kappa shape index (κ1) is 31.2. The molecule has 8 N–H and O–H groups in total. The van der Waals surface area contributed by atoms with Gasteiger partial charge in [-0.25, -0.2) is 15.8 Å². The van der Waals surface area contributed by atoms with Crippen LogP contribution in [0, 0.1) is 13.8 Å². The average molecular weight is 584 g/mol. The molecule has 1 atom stereocenters. The molecule has 0 radical (unpaired) electrons. The van der Waals surface area contributed by atoms with Crippen molar-refractivity contribution in [2.45, 2.75) is 55.6 Å². The number of hydrogen-bond acceptors (Lipinski definition) is 5. The number of hydrogen-bond donors (Lipinski definition) is 4. The second-order valence-electron chi connectivity index (χ2n) is 7.00. The summed E-state index contributed by atoms with van der Waals surface area (Å²) in [5, 5.41) is 5.23. The Hall–Kier alpha value is 0.182. The van der Waals surface area contributed by atoms with E-state index >= 15 is 0 Å². The average Bonchev–Trinajstić information content (AvgIpc) is 3.44. The standard InChI is InChI=1S/C12H15N.C8H13N2OS2.CH3NO.CH3.Cs/c13-12-10-5-1-3-8(10)7-9-4-2-6-11(9)12;9-6-2-1-3-7-4-5-8(12-7)13(10)11;2-1-3;;/h7H,1-6,13H2;3-5H,1-2,6,9-10H2;1H,(H2,2,3);1H3;/q;-1;;-1;+1. The number of unbranched alkanes of at least 4 members (excludes halogenated alkanes) is 1. The van der Waals surface area contributed by atoms with E-state index in [-0.39, 0.29) is 82.7 Å². The van der Waals surface area contributed by atoms with Crippen LogP contribution in [-0.4, -0.2) is 17.2 Å². The van der Waals surface area contributed by atoms with Gasteiger partial charge < -0.3 is 24.6 Å². The van der Waals surface area contributed by atoms with Crippen molar-refractivity contribution in [1.29, 1.82) is 0 Å². The van der Waals surface area contributed by atoms with Gasteiger partial charge in [-0.3, -0.25) is 4.79 Å². The van der Waals surface area contributed by atoms with Crippen molar-refractivity contribution in [3.8, 4) is 0 Å². The Labute approximate surface area is 252 Å². The van der Waals surface area contributed by atoms with Crippen LogP contribution in [0.15, 0.2) is 22.4 Å². The third-order valence-corrected chi connectivity index (χ3v) is 7.23. The number of carbonyl (C=O) groups excluding carboxylic acids is 1. The van der Waals surface area contributed by atoms with Crippen LogP contribution in [-0.2, 0) is 41.5 Å². The quantitative estimate of drug-likeness (QED) is 0.168. The molecule has 6 nitrogen and oxygen atoms in total. The molecule has 1 amide bonds. The van der Waals surface area contributed by atoms with E-state index in [0.29, 0.717) is 6.54 Å². The molecule has 0 fully saturated rings. The minimum Gasteiger partial charge on any atom is -0.398 e. The summed E-state index contributed by atoms with van der Waals surface area (Å²) in [6.07, 6.45) is 11.9. The topological polar surface area (TPSA) is 138 Å². The molecule has 0 saturated heterocycles. The number of rotatable bonds is 5. The Morgan fingerprint density at radius 3 is 2.10 bits per heavy atom. The minimum atomic E-state index is -1.34. The van der Waals surface area contributed by atoms with Crippen LogP contribution < -0.4 is 91.2 Å². The predicted molar refractivity (Wildman–Crippen MR) is 128 cm³/mol. The van der Waals surface area contributed by atoms with Crippen LogP contribution in [0.5, 0.6) is 0 Å². The molecule has 0 bridgehead atoms. The maximum atomic E-state index is 10.9. The monoisotopic (exact) mass is 583 g/mol. The largest absolute Gasteiger partial charge is 1.00 e. The Morgan fingerprint density at radius 2 is 1.65 bits per heavy atom. The van der Waals surface area contributed by atoms with Crippen LogP contribution in [0.2, 0.25) is 0 Å². The fourth-order valence-electron chi connectivity index (χ4n) is 3.77. The van der Waals surface area contributed by atoms with Crippen LogP contribution in [0.1, 0.15) is 52.8 Å². The molecule has 1 aromatic carbocycles. The van der Waals surface area contributed by atoms with Gasteiger partial charge in [0.15, 0.2) is 0 Å². The zero-order valence-electron chi connectivity index (χ0n) is 18.7. The third-order valence-electron chi connectivity index (χ3n) is 5.07. The first-order valence-electron chi connectivity index (χ1n) is 9.88. The normalized spacial score (nSPS) is 13.6. The van der Waals surface area contributed by atoms with Crippen molar-refractivity contribution in [1.82, 2.24) is 0 Å². The number of anilines is 1. The summed E-state index contributed by atoms with van der Waals surface area (Å²) in [5.74, 6) is 0. The van der Waals surface area contributed by atoms with Crippen molar-refractivity contribution in [2.75, 3.05) is 12.3 Å². The molecule has 2 aliphatic carbocycles. The van der Waals surface area contributed by atoms with E-state index in [1.807, 2.05) is 6.07 Å². The van der Waals surface area contributed by atoms with E-state index < -0.39 is 11.0 Å². The smallest absolute Gasteiger partial charge is 0.398 e. The molecule has 0 saturated carbocycles. The summed E-state index contributed by atoms with van der Waals surface area (Å²) >= 11 is 1.47. The summed E-state index contributed by atoms with van der Waals surface area (Å²) in [7, 11) is -1.34. The Balaban J connectivity index is 0.000000488. The first-order chi connectivity index (χ1) is 14.0. The summed E-state index contributed by atoms with van der Waals surface area (Å²) in [5.41, 5.74) is 22.9. The van der Waals surface area contributed by atoms with Gasteiger partial charge in [-0.1, -0.05) is 18.9 Å². The molecule has 1 aromatic heterocycles. The van der Waals surface area contributed by atoms with Gasteiger partial charge in [0.25, 0.3) is 0 Å². The van der Waals surface area contributed by atoms with E-state index in [0.717, 1.165) is 27.6 Å². The van der Waals surface area contributed by atoms with Crippen LogP contribution >= 0.6 is 11.3 Å². The number of benzene rings is 1. The number of nitrogen functional groups attached to an aromatic ring is 1. The van der Waals surface area contributed by atoms with Crippen molar-refractivity contribution >= 4 is 34.4 Å². The second kappa shape index (κ2) is 16.7. The molecule has 2 aromatic rings. The number of amides is 1. The Bertz CT molecular complexity index is 811. The molecule has 0 aliphatic heterocycles. The molecule has 2 aliphatic rings. The Kier molecular flexibility index (Phi) is 16.8. The molecule has 0 spiro atoms. The summed E-state index contributed by atoms with van der Waals surface area (Å²) in [6.45, 7) is 0.706. The van der Waals surface area contributed by atoms with Gasteiger partial charge in [0.2, 0.25) is 6.41 Å². The molecule has 4 rings (SSSR count). The maximum absolute atomic E-state index is 10.9. The van der Waals surface area contributed by atoms with Crippen molar-refractivity contribution in [2.24, 2.45) is 16.6 Å². The van der Waals surface area contributed by atoms with Gasteiger partial charge in [0.05, 0.1) is 4.21 Å². The van der Waals surface area contributed by atoms with E-state index in [1.165, 1.54) is 72.1 Å². The number of thiophene rings is 1. The number of aryl methyl sites for hydroxylation is 2. The van der Waals surface area contributed by atoms with Gasteiger partial charge in [-0.2, -0.15) is 17.4 Å². The number of primary amides is 1. The Morgan fingerprint density at radius 1 is 1.10 bits per heavy atom. The van der Waals surface area contributed by atoms with E-state index in [2.05, 4.69) is 18.2 Å².